The molecule has 0 radical (unpaired) electrons. The van der Waals surface area contributed by atoms with Gasteiger partial charge in [0.2, 0.25) is 11.7 Å². The fourth-order valence-corrected chi connectivity index (χ4v) is 2.25. The Labute approximate surface area is 102 Å². The van der Waals surface area contributed by atoms with E-state index in [-0.39, 0.29) is 12.1 Å². The van der Waals surface area contributed by atoms with Gasteiger partial charge in [0.1, 0.15) is 6.10 Å². The van der Waals surface area contributed by atoms with Crippen LogP contribution < -0.4 is 5.32 Å². The van der Waals surface area contributed by atoms with Crippen LogP contribution in [0.1, 0.15) is 57.5 Å². The van der Waals surface area contributed by atoms with Gasteiger partial charge < -0.3 is 14.6 Å². The summed E-state index contributed by atoms with van der Waals surface area (Å²) in [4.78, 5) is 4.47. The van der Waals surface area contributed by atoms with E-state index in [4.69, 9.17) is 9.26 Å². The molecule has 0 saturated carbocycles. The van der Waals surface area contributed by atoms with Crippen LogP contribution in [0, 0.1) is 5.92 Å². The van der Waals surface area contributed by atoms with Gasteiger partial charge in [-0.05, 0) is 32.2 Å². The lowest BCUT2D eigenvalue weighted by Crippen LogP contribution is -2.17. The number of rotatable bonds is 5. The van der Waals surface area contributed by atoms with E-state index in [1.807, 2.05) is 6.92 Å². The molecule has 0 bridgehead atoms. The topological polar surface area (TPSA) is 60.2 Å². The summed E-state index contributed by atoms with van der Waals surface area (Å²) in [6.07, 6.45) is 1.97. The summed E-state index contributed by atoms with van der Waals surface area (Å²) in [6.45, 7) is 7.93. The highest BCUT2D eigenvalue weighted by molar-refractivity contribution is 4.99. The Morgan fingerprint density at radius 3 is 2.94 bits per heavy atom. The molecule has 0 aromatic carbocycles. The maximum Gasteiger partial charge on any atom is 0.244 e. The molecule has 0 aliphatic carbocycles. The van der Waals surface area contributed by atoms with Gasteiger partial charge in [-0.3, -0.25) is 0 Å². The first-order valence-electron chi connectivity index (χ1n) is 6.44. The first-order chi connectivity index (χ1) is 8.26. The molecule has 0 spiro atoms. The highest BCUT2D eigenvalue weighted by atomic mass is 16.5. The van der Waals surface area contributed by atoms with Crippen molar-refractivity contribution in [3.63, 3.8) is 0 Å². The third-order valence-electron chi connectivity index (χ3n) is 3.28. The average molecular weight is 239 g/mol. The second-order valence-electron chi connectivity index (χ2n) is 4.54. The Kier molecular flexibility index (Phi) is 4.12. The van der Waals surface area contributed by atoms with Crippen molar-refractivity contribution >= 4 is 0 Å². The minimum Gasteiger partial charge on any atom is -0.370 e. The van der Waals surface area contributed by atoms with Gasteiger partial charge in [0.15, 0.2) is 0 Å². The second kappa shape index (κ2) is 5.60. The molecule has 3 unspecified atom stereocenters. The summed E-state index contributed by atoms with van der Waals surface area (Å²) in [5.74, 6) is 1.92. The van der Waals surface area contributed by atoms with E-state index in [9.17, 15) is 0 Å². The van der Waals surface area contributed by atoms with Crippen molar-refractivity contribution in [3.05, 3.63) is 11.7 Å². The van der Waals surface area contributed by atoms with Crippen LogP contribution in [0.4, 0.5) is 0 Å². The van der Waals surface area contributed by atoms with Crippen molar-refractivity contribution in [2.45, 2.75) is 45.8 Å². The highest BCUT2D eigenvalue weighted by Crippen LogP contribution is 2.29. The summed E-state index contributed by atoms with van der Waals surface area (Å²) >= 11 is 0. The van der Waals surface area contributed by atoms with Crippen LogP contribution in [0.3, 0.4) is 0 Å². The van der Waals surface area contributed by atoms with Gasteiger partial charge in [0.05, 0.1) is 6.04 Å². The lowest BCUT2D eigenvalue weighted by atomic mass is 10.0. The quantitative estimate of drug-likeness (QED) is 0.853. The molecule has 1 N–H and O–H groups in total. The van der Waals surface area contributed by atoms with Crippen LogP contribution in [0.2, 0.25) is 0 Å². The Balaban J connectivity index is 2.09. The maximum atomic E-state index is 5.57. The average Bonchev–Trinajstić information content (AvgIpc) is 2.94. The number of hydrogen-bond acceptors (Lipinski definition) is 5. The van der Waals surface area contributed by atoms with Gasteiger partial charge in [-0.25, -0.2) is 0 Å². The van der Waals surface area contributed by atoms with E-state index in [1.165, 1.54) is 0 Å². The lowest BCUT2D eigenvalue weighted by Gasteiger charge is -2.10. The van der Waals surface area contributed by atoms with Crippen LogP contribution in [0.5, 0.6) is 0 Å². The molecule has 0 amide bonds. The molecule has 1 saturated heterocycles. The van der Waals surface area contributed by atoms with Crippen molar-refractivity contribution in [1.82, 2.24) is 15.5 Å². The molecular weight excluding hydrogens is 218 g/mol. The molecule has 1 fully saturated rings. The third-order valence-corrected chi connectivity index (χ3v) is 3.28. The predicted octanol–water partition coefficient (Wildman–Crippen LogP) is 2.23. The first kappa shape index (κ1) is 12.5. The maximum absolute atomic E-state index is 5.57. The molecule has 3 atom stereocenters. The number of ether oxygens (including phenoxy) is 1. The van der Waals surface area contributed by atoms with Crippen LogP contribution >= 0.6 is 0 Å². The van der Waals surface area contributed by atoms with Crippen LogP contribution in [0.15, 0.2) is 4.52 Å². The molecule has 5 nitrogen and oxygen atoms in total. The molecule has 5 heteroatoms. The van der Waals surface area contributed by atoms with Gasteiger partial charge >= 0.3 is 0 Å². The second-order valence-corrected chi connectivity index (χ2v) is 4.54. The standard InChI is InChI=1S/C12H21N3O2/c1-4-9(16-5-2)11-14-12(17-15-11)10-8(3)6-7-13-10/h8-10,13H,4-7H2,1-3H3. The SMILES string of the molecule is CCOC(CC)c1noc(C2NCCC2C)n1. The highest BCUT2D eigenvalue weighted by Gasteiger charge is 2.30. The Hall–Kier alpha value is -0.940. The molecule has 2 heterocycles. The van der Waals surface area contributed by atoms with Crippen molar-refractivity contribution < 1.29 is 9.26 Å². The van der Waals surface area contributed by atoms with Crippen LogP contribution in [0.25, 0.3) is 0 Å². The van der Waals surface area contributed by atoms with Crippen molar-refractivity contribution in [2.75, 3.05) is 13.2 Å². The predicted molar refractivity (Wildman–Crippen MR) is 63.5 cm³/mol. The molecule has 17 heavy (non-hydrogen) atoms. The smallest absolute Gasteiger partial charge is 0.244 e. The zero-order chi connectivity index (χ0) is 12.3. The third kappa shape index (κ3) is 2.66. The van der Waals surface area contributed by atoms with Gasteiger partial charge in [0, 0.05) is 6.61 Å². The fraction of sp³-hybridized carbons (Fsp3) is 0.833. The summed E-state index contributed by atoms with van der Waals surface area (Å²) in [5, 5.41) is 7.42. The molecule has 1 aromatic heterocycles. The minimum absolute atomic E-state index is 0.0470. The van der Waals surface area contributed by atoms with Crippen molar-refractivity contribution in [1.29, 1.82) is 0 Å². The van der Waals surface area contributed by atoms with Crippen LogP contribution in [-0.4, -0.2) is 23.3 Å². The van der Waals surface area contributed by atoms with E-state index >= 15 is 0 Å². The van der Waals surface area contributed by atoms with Crippen LogP contribution in [-0.2, 0) is 4.74 Å². The lowest BCUT2D eigenvalue weighted by molar-refractivity contribution is 0.0518. The van der Waals surface area contributed by atoms with Crippen molar-refractivity contribution in [3.8, 4) is 0 Å². The van der Waals surface area contributed by atoms with E-state index in [1.54, 1.807) is 0 Å². The number of hydrogen-bond donors (Lipinski definition) is 1. The van der Waals surface area contributed by atoms with Gasteiger partial charge in [-0.1, -0.05) is 19.0 Å². The van der Waals surface area contributed by atoms with E-state index in [0.717, 1.165) is 19.4 Å². The zero-order valence-electron chi connectivity index (χ0n) is 10.8. The van der Waals surface area contributed by atoms with E-state index in [2.05, 4.69) is 29.3 Å². The minimum atomic E-state index is -0.0470. The number of aromatic nitrogens is 2. The largest absolute Gasteiger partial charge is 0.370 e. The van der Waals surface area contributed by atoms with Gasteiger partial charge in [0.25, 0.3) is 0 Å². The van der Waals surface area contributed by atoms with Gasteiger partial charge in [-0.15, -0.1) is 0 Å². The summed E-state index contributed by atoms with van der Waals surface area (Å²) in [7, 11) is 0. The molecule has 96 valence electrons. The normalized spacial score (nSPS) is 26.3. The number of nitrogens with zero attached hydrogens (tertiary/aromatic N) is 2. The van der Waals surface area contributed by atoms with E-state index in [0.29, 0.717) is 24.2 Å². The molecule has 1 aromatic rings. The Bertz CT molecular complexity index is 353. The molecule has 1 aliphatic rings. The number of nitrogens with one attached hydrogen (secondary N) is 1. The Morgan fingerprint density at radius 2 is 2.35 bits per heavy atom. The molecular formula is C12H21N3O2. The van der Waals surface area contributed by atoms with Gasteiger partial charge in [-0.2, -0.15) is 4.98 Å². The summed E-state index contributed by atoms with van der Waals surface area (Å²) in [6, 6.07) is 0.204. The Morgan fingerprint density at radius 1 is 1.53 bits per heavy atom. The van der Waals surface area contributed by atoms with Crippen molar-refractivity contribution in [2.24, 2.45) is 5.92 Å². The molecule has 2 rings (SSSR count). The zero-order valence-corrected chi connectivity index (χ0v) is 10.8. The van der Waals surface area contributed by atoms with E-state index < -0.39 is 0 Å². The summed E-state index contributed by atoms with van der Waals surface area (Å²) in [5.41, 5.74) is 0. The fourth-order valence-electron chi connectivity index (χ4n) is 2.25. The summed E-state index contributed by atoms with van der Waals surface area (Å²) < 4.78 is 10.9. The molecule has 1 aliphatic heterocycles. The monoisotopic (exact) mass is 239 g/mol. The first-order valence-corrected chi connectivity index (χ1v) is 6.44.